The Balaban J connectivity index is 2.38. The highest BCUT2D eigenvalue weighted by Gasteiger charge is 2.08. The maximum absolute atomic E-state index is 11.0. The molecule has 2 aliphatic rings. The number of Topliss-reactive ketones (excluding diaryl/α,β-unsaturated/α-hetero) is 1. The van der Waals surface area contributed by atoms with E-state index in [1.54, 1.807) is 6.92 Å². The maximum Gasteiger partial charge on any atom is 0.159 e. The molecule has 13 heavy (non-hydrogen) atoms. The Morgan fingerprint density at radius 1 is 1.00 bits per heavy atom. The van der Waals surface area contributed by atoms with Crippen molar-refractivity contribution in [1.29, 1.82) is 0 Å². The molecular weight excluding hydrogens is 160 g/mol. The zero-order valence-electron chi connectivity index (χ0n) is 7.45. The largest absolute Gasteiger partial charge is 0.295 e. The lowest BCUT2D eigenvalue weighted by atomic mass is 10.1. The van der Waals surface area contributed by atoms with Crippen LogP contribution in [0, 0.1) is 0 Å². The summed E-state index contributed by atoms with van der Waals surface area (Å²) in [5, 5.41) is 0. The van der Waals surface area contributed by atoms with E-state index in [0.29, 0.717) is 0 Å². The molecule has 0 aliphatic heterocycles. The summed E-state index contributed by atoms with van der Waals surface area (Å²) in [6.45, 7) is 1.59. The van der Waals surface area contributed by atoms with Crippen LogP contribution in [-0.2, 0) is 4.79 Å². The van der Waals surface area contributed by atoms with Crippen molar-refractivity contribution in [3.05, 3.63) is 59.3 Å². The average Bonchev–Trinajstić information content (AvgIpc) is 2.75. The van der Waals surface area contributed by atoms with Crippen LogP contribution in [0.5, 0.6) is 0 Å². The van der Waals surface area contributed by atoms with E-state index >= 15 is 0 Å². The van der Waals surface area contributed by atoms with E-state index in [1.807, 2.05) is 42.5 Å². The Kier molecular flexibility index (Phi) is 1.85. The number of carbonyl (C=O) groups is 1. The van der Waals surface area contributed by atoms with E-state index in [-0.39, 0.29) is 5.78 Å². The van der Waals surface area contributed by atoms with E-state index in [0.717, 1.165) is 11.1 Å². The van der Waals surface area contributed by atoms with Gasteiger partial charge in [0.05, 0.1) is 0 Å². The SMILES string of the molecule is CC(=O)C1=CC(=C2C=CC=C2)C=C1. The monoisotopic (exact) mass is 170 g/mol. The van der Waals surface area contributed by atoms with Crippen LogP contribution in [0.2, 0.25) is 0 Å². The number of hydrogen-bond donors (Lipinski definition) is 0. The molecule has 0 radical (unpaired) electrons. The second-order valence-electron chi connectivity index (χ2n) is 3.12. The number of rotatable bonds is 1. The number of hydrogen-bond acceptors (Lipinski definition) is 1. The van der Waals surface area contributed by atoms with Gasteiger partial charge < -0.3 is 0 Å². The van der Waals surface area contributed by atoms with Gasteiger partial charge in [0, 0.05) is 5.57 Å². The van der Waals surface area contributed by atoms with Crippen molar-refractivity contribution in [2.45, 2.75) is 6.92 Å². The Morgan fingerprint density at radius 2 is 1.69 bits per heavy atom. The lowest BCUT2D eigenvalue weighted by Crippen LogP contribution is -1.89. The second kappa shape index (κ2) is 3.02. The van der Waals surface area contributed by atoms with Crippen molar-refractivity contribution < 1.29 is 4.79 Å². The van der Waals surface area contributed by atoms with Crippen molar-refractivity contribution in [2.75, 3.05) is 0 Å². The third-order valence-corrected chi connectivity index (χ3v) is 2.16. The molecule has 0 heterocycles. The molecule has 0 aromatic heterocycles. The van der Waals surface area contributed by atoms with Crippen LogP contribution in [-0.4, -0.2) is 5.78 Å². The van der Waals surface area contributed by atoms with Crippen molar-refractivity contribution in [3.8, 4) is 0 Å². The molecule has 0 saturated heterocycles. The molecule has 0 aromatic carbocycles. The zero-order chi connectivity index (χ0) is 9.26. The highest BCUT2D eigenvalue weighted by molar-refractivity contribution is 5.98. The van der Waals surface area contributed by atoms with Crippen LogP contribution < -0.4 is 0 Å². The fourth-order valence-corrected chi connectivity index (χ4v) is 1.41. The van der Waals surface area contributed by atoms with Crippen LogP contribution in [0.15, 0.2) is 59.3 Å². The third kappa shape index (κ3) is 1.45. The Bertz CT molecular complexity index is 387. The lowest BCUT2D eigenvalue weighted by molar-refractivity contribution is -0.113. The fraction of sp³-hybridized carbons (Fsp3) is 0.0833. The minimum Gasteiger partial charge on any atom is -0.295 e. The van der Waals surface area contributed by atoms with Crippen molar-refractivity contribution in [2.24, 2.45) is 0 Å². The first-order valence-electron chi connectivity index (χ1n) is 4.27. The highest BCUT2D eigenvalue weighted by Crippen LogP contribution is 2.22. The Morgan fingerprint density at radius 3 is 2.23 bits per heavy atom. The predicted molar refractivity (Wildman–Crippen MR) is 53.2 cm³/mol. The first-order chi connectivity index (χ1) is 6.27. The molecule has 0 amide bonds. The fourth-order valence-electron chi connectivity index (χ4n) is 1.41. The van der Waals surface area contributed by atoms with Gasteiger partial charge >= 0.3 is 0 Å². The third-order valence-electron chi connectivity index (χ3n) is 2.16. The van der Waals surface area contributed by atoms with Crippen LogP contribution in [0.4, 0.5) is 0 Å². The topological polar surface area (TPSA) is 17.1 Å². The molecule has 2 aliphatic carbocycles. The van der Waals surface area contributed by atoms with Gasteiger partial charge in [0.15, 0.2) is 5.78 Å². The quantitative estimate of drug-likeness (QED) is 0.591. The molecule has 1 heteroatoms. The summed E-state index contributed by atoms with van der Waals surface area (Å²) in [4.78, 5) is 11.0. The van der Waals surface area contributed by atoms with Gasteiger partial charge in [-0.1, -0.05) is 36.5 Å². The van der Waals surface area contributed by atoms with E-state index in [9.17, 15) is 4.79 Å². The molecule has 1 nitrogen and oxygen atoms in total. The van der Waals surface area contributed by atoms with E-state index in [2.05, 4.69) is 0 Å². The summed E-state index contributed by atoms with van der Waals surface area (Å²) >= 11 is 0. The molecule has 0 bridgehead atoms. The molecule has 0 spiro atoms. The van der Waals surface area contributed by atoms with Gasteiger partial charge in [-0.15, -0.1) is 0 Å². The standard InChI is InChI=1S/C12H10O/c1-9(13)11-6-7-12(8-11)10-4-2-3-5-10/h2-8H,1H3. The van der Waals surface area contributed by atoms with Crippen molar-refractivity contribution in [3.63, 3.8) is 0 Å². The summed E-state index contributed by atoms with van der Waals surface area (Å²) in [6, 6.07) is 0. The maximum atomic E-state index is 11.0. The summed E-state index contributed by atoms with van der Waals surface area (Å²) in [5.74, 6) is 0.123. The van der Waals surface area contributed by atoms with Crippen LogP contribution >= 0.6 is 0 Å². The van der Waals surface area contributed by atoms with Crippen LogP contribution in [0.3, 0.4) is 0 Å². The molecular formula is C12H10O. The van der Waals surface area contributed by atoms with Crippen molar-refractivity contribution >= 4 is 5.78 Å². The summed E-state index contributed by atoms with van der Waals surface area (Å²) < 4.78 is 0. The summed E-state index contributed by atoms with van der Waals surface area (Å²) in [5.41, 5.74) is 3.08. The minimum atomic E-state index is 0.123. The highest BCUT2D eigenvalue weighted by atomic mass is 16.1. The molecule has 64 valence electrons. The smallest absolute Gasteiger partial charge is 0.159 e. The summed E-state index contributed by atoms with van der Waals surface area (Å²) in [6.07, 6.45) is 13.8. The van der Waals surface area contributed by atoms with E-state index in [1.165, 1.54) is 5.57 Å². The van der Waals surface area contributed by atoms with Crippen LogP contribution in [0.1, 0.15) is 6.92 Å². The second-order valence-corrected chi connectivity index (χ2v) is 3.12. The minimum absolute atomic E-state index is 0.123. The average molecular weight is 170 g/mol. The molecule has 0 unspecified atom stereocenters. The predicted octanol–water partition coefficient (Wildman–Crippen LogP) is 2.49. The normalized spacial score (nSPS) is 18.7. The van der Waals surface area contributed by atoms with Gasteiger partial charge in [-0.25, -0.2) is 0 Å². The van der Waals surface area contributed by atoms with Crippen LogP contribution in [0.25, 0.3) is 0 Å². The first kappa shape index (κ1) is 7.99. The molecule has 0 fully saturated rings. The van der Waals surface area contributed by atoms with E-state index in [4.69, 9.17) is 0 Å². The van der Waals surface area contributed by atoms with Gasteiger partial charge in [0.25, 0.3) is 0 Å². The van der Waals surface area contributed by atoms with Gasteiger partial charge in [-0.05, 0) is 24.1 Å². The molecule has 0 N–H and O–H groups in total. The zero-order valence-corrected chi connectivity index (χ0v) is 7.45. The molecule has 0 saturated carbocycles. The van der Waals surface area contributed by atoms with Gasteiger partial charge in [0.1, 0.15) is 0 Å². The number of carbonyl (C=O) groups excluding carboxylic acids is 1. The molecule has 0 atom stereocenters. The molecule has 0 aromatic rings. The number of allylic oxidation sites excluding steroid dienone is 10. The molecule has 2 rings (SSSR count). The van der Waals surface area contributed by atoms with Gasteiger partial charge in [-0.2, -0.15) is 0 Å². The van der Waals surface area contributed by atoms with E-state index < -0.39 is 0 Å². The summed E-state index contributed by atoms with van der Waals surface area (Å²) in [7, 11) is 0. The van der Waals surface area contributed by atoms with Gasteiger partial charge in [-0.3, -0.25) is 4.79 Å². The number of ketones is 1. The van der Waals surface area contributed by atoms with Crippen molar-refractivity contribution in [1.82, 2.24) is 0 Å². The lowest BCUT2D eigenvalue weighted by Gasteiger charge is -1.93. The Labute approximate surface area is 77.5 Å². The first-order valence-corrected chi connectivity index (χ1v) is 4.27. The Hall–Kier alpha value is -1.63. The van der Waals surface area contributed by atoms with Gasteiger partial charge in [0.2, 0.25) is 0 Å².